The van der Waals surface area contributed by atoms with Crippen LogP contribution in [0, 0.1) is 13.8 Å². The lowest BCUT2D eigenvalue weighted by Gasteiger charge is -2.15. The molecule has 0 bridgehead atoms. The molecule has 138 valence electrons. The van der Waals surface area contributed by atoms with E-state index < -0.39 is 0 Å². The van der Waals surface area contributed by atoms with Crippen molar-refractivity contribution in [3.63, 3.8) is 0 Å². The number of amides is 2. The lowest BCUT2D eigenvalue weighted by Crippen LogP contribution is -2.33. The van der Waals surface area contributed by atoms with Gasteiger partial charge in [0, 0.05) is 37.1 Å². The molecule has 8 heteroatoms. The number of benzene rings is 1. The minimum Gasteiger partial charge on any atom is -0.333 e. The molecule has 0 fully saturated rings. The van der Waals surface area contributed by atoms with Crippen LogP contribution in [0.1, 0.15) is 17.0 Å². The number of aromatic nitrogens is 2. The molecule has 0 aliphatic carbocycles. The Labute approximate surface area is 162 Å². The van der Waals surface area contributed by atoms with Crippen molar-refractivity contribution >= 4 is 46.8 Å². The molecule has 6 nitrogen and oxygen atoms in total. The van der Waals surface area contributed by atoms with Gasteiger partial charge in [-0.05, 0) is 38.1 Å². The van der Waals surface area contributed by atoms with Crippen LogP contribution in [0.4, 0.5) is 5.69 Å². The fraction of sp³-hybridized carbons (Fsp3) is 0.278. The highest BCUT2D eigenvalue weighted by molar-refractivity contribution is 6.42. The van der Waals surface area contributed by atoms with Crippen LogP contribution in [0.2, 0.25) is 10.0 Å². The van der Waals surface area contributed by atoms with Gasteiger partial charge in [-0.2, -0.15) is 5.10 Å². The first-order chi connectivity index (χ1) is 12.2. The summed E-state index contributed by atoms with van der Waals surface area (Å²) >= 11 is 11.8. The number of carbonyl (C=O) groups excluding carboxylic acids is 2. The largest absolute Gasteiger partial charge is 0.333 e. The van der Waals surface area contributed by atoms with E-state index in [1.165, 1.54) is 11.0 Å². The summed E-state index contributed by atoms with van der Waals surface area (Å²) in [5.41, 5.74) is 3.22. The Hall–Kier alpha value is -2.31. The van der Waals surface area contributed by atoms with Gasteiger partial charge in [0.05, 0.1) is 22.3 Å². The van der Waals surface area contributed by atoms with E-state index in [1.54, 1.807) is 36.0 Å². The third kappa shape index (κ3) is 4.86. The third-order valence-corrected chi connectivity index (χ3v) is 4.66. The summed E-state index contributed by atoms with van der Waals surface area (Å²) in [6, 6.07) is 4.79. The van der Waals surface area contributed by atoms with Gasteiger partial charge in [0.2, 0.25) is 11.8 Å². The second-order valence-corrected chi connectivity index (χ2v) is 6.73. The van der Waals surface area contributed by atoms with Crippen LogP contribution in [0.15, 0.2) is 24.3 Å². The first kappa shape index (κ1) is 20.0. The third-order valence-electron chi connectivity index (χ3n) is 3.92. The summed E-state index contributed by atoms with van der Waals surface area (Å²) in [5.74, 6) is -0.613. The van der Waals surface area contributed by atoms with Crippen LogP contribution in [0.5, 0.6) is 0 Å². The maximum absolute atomic E-state index is 12.2. The highest BCUT2D eigenvalue weighted by Gasteiger charge is 2.12. The van der Waals surface area contributed by atoms with Crippen molar-refractivity contribution in [3.05, 3.63) is 51.3 Å². The second-order valence-electron chi connectivity index (χ2n) is 5.91. The van der Waals surface area contributed by atoms with Crippen LogP contribution < -0.4 is 5.32 Å². The number of rotatable bonds is 5. The molecule has 0 saturated heterocycles. The molecule has 2 aromatic rings. The van der Waals surface area contributed by atoms with Crippen molar-refractivity contribution in [1.82, 2.24) is 14.7 Å². The molecule has 0 atom stereocenters. The van der Waals surface area contributed by atoms with Crippen molar-refractivity contribution in [1.29, 1.82) is 0 Å². The average Bonchev–Trinajstić information content (AvgIpc) is 2.81. The monoisotopic (exact) mass is 394 g/mol. The molecular weight excluding hydrogens is 375 g/mol. The number of aryl methyl sites for hydroxylation is 2. The number of hydrogen-bond acceptors (Lipinski definition) is 3. The van der Waals surface area contributed by atoms with Crippen LogP contribution >= 0.6 is 23.2 Å². The quantitative estimate of drug-likeness (QED) is 0.789. The number of halogens is 2. The van der Waals surface area contributed by atoms with E-state index in [0.29, 0.717) is 15.7 Å². The zero-order chi connectivity index (χ0) is 19.4. The molecule has 1 N–H and O–H groups in total. The molecule has 1 aromatic heterocycles. The maximum atomic E-state index is 12.2. The Bertz CT molecular complexity index is 874. The van der Waals surface area contributed by atoms with Gasteiger partial charge in [-0.1, -0.05) is 23.2 Å². The zero-order valence-corrected chi connectivity index (χ0v) is 16.5. The van der Waals surface area contributed by atoms with Crippen molar-refractivity contribution in [3.8, 4) is 0 Å². The molecule has 26 heavy (non-hydrogen) atoms. The number of nitrogens with zero attached hydrogens (tertiary/aromatic N) is 3. The van der Waals surface area contributed by atoms with Crippen LogP contribution in [-0.2, 0) is 16.6 Å². The van der Waals surface area contributed by atoms with E-state index in [-0.39, 0.29) is 18.4 Å². The molecule has 0 aliphatic heterocycles. The summed E-state index contributed by atoms with van der Waals surface area (Å²) in [6.07, 6.45) is 3.15. The fourth-order valence-electron chi connectivity index (χ4n) is 2.38. The lowest BCUT2D eigenvalue weighted by atomic mass is 10.2. The number of anilines is 1. The van der Waals surface area contributed by atoms with E-state index >= 15 is 0 Å². The Morgan fingerprint density at radius 2 is 1.96 bits per heavy atom. The highest BCUT2D eigenvalue weighted by atomic mass is 35.5. The first-order valence-corrected chi connectivity index (χ1v) is 8.63. The molecule has 1 aromatic carbocycles. The van der Waals surface area contributed by atoms with E-state index in [0.717, 1.165) is 17.0 Å². The number of nitrogens with one attached hydrogen (secondary N) is 1. The summed E-state index contributed by atoms with van der Waals surface area (Å²) in [7, 11) is 3.41. The minimum absolute atomic E-state index is 0.0889. The molecule has 0 unspecified atom stereocenters. The second kappa shape index (κ2) is 8.38. The van der Waals surface area contributed by atoms with E-state index in [1.807, 2.05) is 20.9 Å². The van der Waals surface area contributed by atoms with Gasteiger partial charge in [-0.3, -0.25) is 14.3 Å². The molecule has 0 aliphatic rings. The van der Waals surface area contributed by atoms with Crippen molar-refractivity contribution in [2.75, 3.05) is 18.9 Å². The van der Waals surface area contributed by atoms with E-state index in [9.17, 15) is 9.59 Å². The summed E-state index contributed by atoms with van der Waals surface area (Å²) in [6.45, 7) is 3.72. The number of likely N-dealkylation sites (N-methyl/N-ethyl adjacent to an activating group) is 1. The molecule has 0 spiro atoms. The van der Waals surface area contributed by atoms with Gasteiger partial charge >= 0.3 is 0 Å². The van der Waals surface area contributed by atoms with Crippen molar-refractivity contribution < 1.29 is 9.59 Å². The van der Waals surface area contributed by atoms with Gasteiger partial charge in [-0.25, -0.2) is 0 Å². The van der Waals surface area contributed by atoms with Crippen molar-refractivity contribution in [2.45, 2.75) is 13.8 Å². The summed E-state index contributed by atoms with van der Waals surface area (Å²) in [5, 5.41) is 7.73. The molecule has 2 rings (SSSR count). The topological polar surface area (TPSA) is 67.2 Å². The van der Waals surface area contributed by atoms with Crippen LogP contribution in [0.3, 0.4) is 0 Å². The van der Waals surface area contributed by atoms with E-state index in [4.69, 9.17) is 23.2 Å². The van der Waals surface area contributed by atoms with E-state index in [2.05, 4.69) is 10.4 Å². The van der Waals surface area contributed by atoms with Crippen LogP contribution in [0.25, 0.3) is 6.08 Å². The van der Waals surface area contributed by atoms with Gasteiger partial charge in [0.15, 0.2) is 0 Å². The molecule has 2 amide bonds. The molecule has 0 radical (unpaired) electrons. The summed E-state index contributed by atoms with van der Waals surface area (Å²) < 4.78 is 1.76. The summed E-state index contributed by atoms with van der Waals surface area (Å²) in [4.78, 5) is 25.6. The molecular formula is C18H20Cl2N4O2. The Morgan fingerprint density at radius 1 is 1.27 bits per heavy atom. The van der Waals surface area contributed by atoms with Crippen molar-refractivity contribution in [2.24, 2.45) is 7.05 Å². The molecule has 0 saturated carbocycles. The Kier molecular flexibility index (Phi) is 6.45. The SMILES string of the molecule is Cc1nn(C)c(C)c1/C=C/C(=O)N(C)CC(=O)Nc1ccc(Cl)c(Cl)c1. The number of hydrogen-bond donors (Lipinski definition) is 1. The minimum atomic E-state index is -0.332. The average molecular weight is 395 g/mol. The zero-order valence-electron chi connectivity index (χ0n) is 15.0. The van der Waals surface area contributed by atoms with Gasteiger partial charge in [0.1, 0.15) is 0 Å². The number of carbonyl (C=O) groups is 2. The van der Waals surface area contributed by atoms with Gasteiger partial charge in [0.25, 0.3) is 0 Å². The first-order valence-electron chi connectivity index (χ1n) is 7.87. The fourth-order valence-corrected chi connectivity index (χ4v) is 2.68. The van der Waals surface area contributed by atoms with Gasteiger partial charge in [-0.15, -0.1) is 0 Å². The lowest BCUT2D eigenvalue weighted by molar-refractivity contribution is -0.129. The predicted octanol–water partition coefficient (Wildman–Crippen LogP) is 3.45. The Balaban J connectivity index is 1.96. The predicted molar refractivity (Wildman–Crippen MR) is 104 cm³/mol. The molecule has 1 heterocycles. The van der Waals surface area contributed by atoms with Crippen LogP contribution in [-0.4, -0.2) is 40.1 Å². The maximum Gasteiger partial charge on any atom is 0.246 e. The standard InChI is InChI=1S/C18H20Cl2N4O2/c1-11-14(12(2)24(4)22-11)6-8-18(26)23(3)10-17(25)21-13-5-7-15(19)16(20)9-13/h5-9H,10H2,1-4H3,(H,21,25)/b8-6+. The smallest absolute Gasteiger partial charge is 0.246 e. The Morgan fingerprint density at radius 3 is 2.54 bits per heavy atom. The highest BCUT2D eigenvalue weighted by Crippen LogP contribution is 2.24. The van der Waals surface area contributed by atoms with Gasteiger partial charge < -0.3 is 10.2 Å². The normalized spacial score (nSPS) is 11.0.